The number of pyridine rings is 1. The smallest absolute Gasteiger partial charge is 0.125 e. The summed E-state index contributed by atoms with van der Waals surface area (Å²) in [5.41, 5.74) is 4.36. The number of nitrogens with zero attached hydrogens (tertiary/aromatic N) is 5. The average Bonchev–Trinajstić information content (AvgIpc) is 2.88. The molecule has 0 spiro atoms. The van der Waals surface area contributed by atoms with Crippen LogP contribution in [0.1, 0.15) is 12.8 Å². The van der Waals surface area contributed by atoms with Crippen LogP contribution in [-0.4, -0.2) is 67.6 Å². The highest BCUT2D eigenvalue weighted by molar-refractivity contribution is 7.97. The number of hydrogen-bond acceptors (Lipinski definition) is 6. The van der Waals surface area contributed by atoms with E-state index in [4.69, 9.17) is 0 Å². The molecule has 0 saturated carbocycles. The standard InChI is InChI=1S/C28H34FN5S/c1-21(22-5-4-14-34(20-22)35-25-9-7-24(8-10-25)31(2)3)32-15-17-33(18-16-32)28-12-13-30-27-19-23(29)6-11-26(27)28/h6-13,19,22H,1,4-5,14-18,20H2,2-3H3. The number of aromatic nitrogens is 1. The highest BCUT2D eigenvalue weighted by Crippen LogP contribution is 2.34. The van der Waals surface area contributed by atoms with E-state index in [1.807, 2.05) is 24.1 Å². The van der Waals surface area contributed by atoms with Gasteiger partial charge in [-0.25, -0.2) is 8.70 Å². The van der Waals surface area contributed by atoms with E-state index in [-0.39, 0.29) is 5.82 Å². The highest BCUT2D eigenvalue weighted by atomic mass is 32.2. The van der Waals surface area contributed by atoms with Gasteiger partial charge in [0.05, 0.1) is 5.52 Å². The van der Waals surface area contributed by atoms with Crippen molar-refractivity contribution in [2.75, 3.05) is 63.2 Å². The van der Waals surface area contributed by atoms with Crippen molar-refractivity contribution in [1.82, 2.24) is 14.2 Å². The van der Waals surface area contributed by atoms with E-state index in [1.165, 1.54) is 41.3 Å². The first-order chi connectivity index (χ1) is 17.0. The lowest BCUT2D eigenvalue weighted by molar-refractivity contribution is 0.234. The van der Waals surface area contributed by atoms with Crippen LogP contribution in [0.15, 0.2) is 71.9 Å². The van der Waals surface area contributed by atoms with Gasteiger partial charge in [-0.2, -0.15) is 0 Å². The molecule has 2 aliphatic heterocycles. The molecule has 5 nitrogen and oxygen atoms in total. The van der Waals surface area contributed by atoms with Gasteiger partial charge in [0, 0.05) is 98.9 Å². The van der Waals surface area contributed by atoms with E-state index in [9.17, 15) is 4.39 Å². The zero-order valence-electron chi connectivity index (χ0n) is 20.7. The highest BCUT2D eigenvalue weighted by Gasteiger charge is 2.28. The van der Waals surface area contributed by atoms with Crippen molar-refractivity contribution >= 4 is 34.2 Å². The normalized spacial score (nSPS) is 19.2. The van der Waals surface area contributed by atoms with Crippen LogP contribution in [0.2, 0.25) is 0 Å². The second-order valence-electron chi connectivity index (χ2n) is 9.66. The lowest BCUT2D eigenvalue weighted by Gasteiger charge is -2.42. The number of piperidine rings is 1. The van der Waals surface area contributed by atoms with E-state index in [2.05, 4.69) is 68.9 Å². The van der Waals surface area contributed by atoms with Crippen LogP contribution in [-0.2, 0) is 0 Å². The Morgan fingerprint density at radius 1 is 1.03 bits per heavy atom. The number of rotatable bonds is 6. The van der Waals surface area contributed by atoms with E-state index in [1.54, 1.807) is 6.20 Å². The zero-order chi connectivity index (χ0) is 24.4. The molecule has 0 amide bonds. The summed E-state index contributed by atoms with van der Waals surface area (Å²) in [4.78, 5) is 12.6. The zero-order valence-corrected chi connectivity index (χ0v) is 21.5. The fourth-order valence-electron chi connectivity index (χ4n) is 5.13. The minimum atomic E-state index is -0.242. The van der Waals surface area contributed by atoms with Crippen LogP contribution in [0, 0.1) is 11.7 Å². The van der Waals surface area contributed by atoms with Crippen molar-refractivity contribution in [3.05, 3.63) is 72.8 Å². The third kappa shape index (κ3) is 5.41. The molecule has 0 bridgehead atoms. The summed E-state index contributed by atoms with van der Waals surface area (Å²) >= 11 is 1.87. The maximum atomic E-state index is 13.6. The van der Waals surface area contributed by atoms with Crippen molar-refractivity contribution in [2.24, 2.45) is 5.92 Å². The Balaban J connectivity index is 1.18. The summed E-state index contributed by atoms with van der Waals surface area (Å²) in [6.07, 6.45) is 4.19. The number of halogens is 1. The fraction of sp³-hybridized carbons (Fsp3) is 0.393. The molecule has 1 atom stereocenters. The molecule has 3 aromatic rings. The molecule has 0 radical (unpaired) electrons. The average molecular weight is 492 g/mol. The summed E-state index contributed by atoms with van der Waals surface area (Å²) in [6.45, 7) is 10.5. The molecule has 0 N–H and O–H groups in total. The second kappa shape index (κ2) is 10.5. The van der Waals surface area contributed by atoms with Gasteiger partial charge in [-0.3, -0.25) is 4.98 Å². The van der Waals surface area contributed by atoms with Crippen molar-refractivity contribution in [1.29, 1.82) is 0 Å². The number of hydrogen-bond donors (Lipinski definition) is 0. The predicted octanol–water partition coefficient (Wildman–Crippen LogP) is 5.49. The van der Waals surface area contributed by atoms with Gasteiger partial charge in [-0.15, -0.1) is 0 Å². The third-order valence-corrected chi connectivity index (χ3v) is 8.22. The van der Waals surface area contributed by atoms with Crippen LogP contribution in [0.3, 0.4) is 0 Å². The molecule has 7 heteroatoms. The van der Waals surface area contributed by atoms with Crippen LogP contribution in [0.4, 0.5) is 15.8 Å². The monoisotopic (exact) mass is 491 g/mol. The Bertz CT molecular complexity index is 1170. The quantitative estimate of drug-likeness (QED) is 0.423. The Morgan fingerprint density at radius 3 is 2.54 bits per heavy atom. The molecule has 5 rings (SSSR count). The van der Waals surface area contributed by atoms with Gasteiger partial charge in [0.1, 0.15) is 5.82 Å². The number of anilines is 2. The van der Waals surface area contributed by atoms with Crippen LogP contribution in [0.5, 0.6) is 0 Å². The molecule has 2 fully saturated rings. The molecule has 1 unspecified atom stereocenters. The van der Waals surface area contributed by atoms with Crippen molar-refractivity contribution < 1.29 is 4.39 Å². The SMILES string of the molecule is C=C(C1CCCN(Sc2ccc(N(C)C)cc2)C1)N1CCN(c2ccnc3cc(F)ccc23)CC1. The number of benzene rings is 2. The molecule has 3 heterocycles. The summed E-state index contributed by atoms with van der Waals surface area (Å²) in [5.74, 6) is 0.252. The second-order valence-corrected chi connectivity index (χ2v) is 10.8. The van der Waals surface area contributed by atoms with Gasteiger partial charge in [-0.1, -0.05) is 6.58 Å². The number of fused-ring (bicyclic) bond motifs is 1. The van der Waals surface area contributed by atoms with Gasteiger partial charge in [-0.05, 0) is 67.3 Å². The molecule has 35 heavy (non-hydrogen) atoms. The maximum Gasteiger partial charge on any atom is 0.125 e. The number of piperazine rings is 1. The summed E-state index contributed by atoms with van der Waals surface area (Å²) < 4.78 is 16.1. The van der Waals surface area contributed by atoms with E-state index in [0.29, 0.717) is 11.4 Å². The summed E-state index contributed by atoms with van der Waals surface area (Å²) in [6, 6.07) is 15.7. The van der Waals surface area contributed by atoms with Gasteiger partial charge < -0.3 is 14.7 Å². The molecule has 2 aliphatic rings. The Hall–Kier alpha value is -2.77. The van der Waals surface area contributed by atoms with Crippen molar-refractivity contribution in [2.45, 2.75) is 17.7 Å². The van der Waals surface area contributed by atoms with Gasteiger partial charge in [0.2, 0.25) is 0 Å². The maximum absolute atomic E-state index is 13.6. The van der Waals surface area contributed by atoms with Crippen LogP contribution in [0.25, 0.3) is 10.9 Å². The molecular weight excluding hydrogens is 457 g/mol. The molecule has 0 aliphatic carbocycles. The summed E-state index contributed by atoms with van der Waals surface area (Å²) in [5, 5.41) is 1.01. The lowest BCUT2D eigenvalue weighted by Crippen LogP contribution is -2.48. The van der Waals surface area contributed by atoms with E-state index >= 15 is 0 Å². The topological polar surface area (TPSA) is 25.9 Å². The molecular formula is C28H34FN5S. The molecule has 1 aromatic heterocycles. The Kier molecular flexibility index (Phi) is 7.16. The lowest BCUT2D eigenvalue weighted by atomic mass is 9.95. The first-order valence-corrected chi connectivity index (χ1v) is 13.2. The molecule has 2 saturated heterocycles. The van der Waals surface area contributed by atoms with Crippen LogP contribution < -0.4 is 9.80 Å². The van der Waals surface area contributed by atoms with Gasteiger partial charge in [0.25, 0.3) is 0 Å². The van der Waals surface area contributed by atoms with E-state index < -0.39 is 0 Å². The fourth-order valence-corrected chi connectivity index (χ4v) is 6.16. The van der Waals surface area contributed by atoms with E-state index in [0.717, 1.165) is 50.3 Å². The minimum absolute atomic E-state index is 0.242. The largest absolute Gasteiger partial charge is 0.378 e. The van der Waals surface area contributed by atoms with Crippen molar-refractivity contribution in [3.63, 3.8) is 0 Å². The van der Waals surface area contributed by atoms with Crippen LogP contribution >= 0.6 is 11.9 Å². The molecule has 2 aromatic carbocycles. The summed E-state index contributed by atoms with van der Waals surface area (Å²) in [7, 11) is 4.15. The Labute approximate surface area is 212 Å². The third-order valence-electron chi connectivity index (χ3n) is 7.15. The van der Waals surface area contributed by atoms with Gasteiger partial charge >= 0.3 is 0 Å². The van der Waals surface area contributed by atoms with Crippen molar-refractivity contribution in [3.8, 4) is 0 Å². The first kappa shape index (κ1) is 23.9. The Morgan fingerprint density at radius 2 is 1.80 bits per heavy atom. The predicted molar refractivity (Wildman–Crippen MR) is 146 cm³/mol. The first-order valence-electron chi connectivity index (χ1n) is 12.4. The minimum Gasteiger partial charge on any atom is -0.378 e. The van der Waals surface area contributed by atoms with Gasteiger partial charge in [0.15, 0.2) is 0 Å². The molecule has 184 valence electrons.